The molecule has 1 aromatic carbocycles. The van der Waals surface area contributed by atoms with Crippen molar-refractivity contribution in [3.8, 4) is 11.8 Å². The van der Waals surface area contributed by atoms with Crippen molar-refractivity contribution in [2.24, 2.45) is 0 Å². The Hall–Kier alpha value is -2.57. The van der Waals surface area contributed by atoms with Crippen LogP contribution in [0.25, 0.3) is 0 Å². The minimum Gasteiger partial charge on any atom is -0.497 e. The number of aromatic nitrogens is 3. The second-order valence-electron chi connectivity index (χ2n) is 4.35. The highest BCUT2D eigenvalue weighted by atomic mass is 16.5. The van der Waals surface area contributed by atoms with Crippen molar-refractivity contribution in [2.45, 2.75) is 19.9 Å². The Bertz CT molecular complexity index is 574. The van der Waals surface area contributed by atoms with Crippen molar-refractivity contribution in [1.82, 2.24) is 15.0 Å². The zero-order valence-electron chi connectivity index (χ0n) is 12.2. The maximum absolute atomic E-state index is 5.64. The van der Waals surface area contributed by atoms with Gasteiger partial charge in [-0.05, 0) is 24.1 Å². The Morgan fingerprint density at radius 2 is 1.90 bits per heavy atom. The molecule has 3 N–H and O–H groups in total. The van der Waals surface area contributed by atoms with Gasteiger partial charge in [-0.25, -0.2) is 0 Å². The maximum atomic E-state index is 5.64. The molecule has 0 saturated carbocycles. The predicted molar refractivity (Wildman–Crippen MR) is 80.3 cm³/mol. The van der Waals surface area contributed by atoms with Gasteiger partial charge in [0, 0.05) is 6.54 Å². The molecule has 0 radical (unpaired) electrons. The van der Waals surface area contributed by atoms with Crippen LogP contribution in [0.2, 0.25) is 0 Å². The van der Waals surface area contributed by atoms with Gasteiger partial charge in [-0.2, -0.15) is 15.0 Å². The zero-order valence-corrected chi connectivity index (χ0v) is 12.2. The van der Waals surface area contributed by atoms with E-state index in [1.165, 1.54) is 0 Å². The molecule has 0 aliphatic heterocycles. The Morgan fingerprint density at radius 1 is 1.14 bits per heavy atom. The van der Waals surface area contributed by atoms with E-state index in [9.17, 15) is 0 Å². The number of anilines is 2. The number of nitrogen functional groups attached to an aromatic ring is 1. The summed E-state index contributed by atoms with van der Waals surface area (Å²) < 4.78 is 10.5. The van der Waals surface area contributed by atoms with Crippen LogP contribution in [0.3, 0.4) is 0 Å². The maximum Gasteiger partial charge on any atom is 0.323 e. The predicted octanol–water partition coefficient (Wildman–Crippen LogP) is 1.86. The van der Waals surface area contributed by atoms with Crippen molar-refractivity contribution in [2.75, 3.05) is 24.8 Å². The van der Waals surface area contributed by atoms with Crippen LogP contribution in [0.1, 0.15) is 18.9 Å². The van der Waals surface area contributed by atoms with Gasteiger partial charge >= 0.3 is 6.01 Å². The van der Waals surface area contributed by atoms with Gasteiger partial charge in [-0.3, -0.25) is 0 Å². The Balaban J connectivity index is 1.99. The summed E-state index contributed by atoms with van der Waals surface area (Å²) in [6.07, 6.45) is 0.875. The van der Waals surface area contributed by atoms with Gasteiger partial charge in [0.15, 0.2) is 0 Å². The van der Waals surface area contributed by atoms with Crippen molar-refractivity contribution in [1.29, 1.82) is 0 Å². The van der Waals surface area contributed by atoms with E-state index >= 15 is 0 Å². The van der Waals surface area contributed by atoms with Crippen LogP contribution in [0, 0.1) is 0 Å². The summed E-state index contributed by atoms with van der Waals surface area (Å²) in [5.41, 5.74) is 6.71. The summed E-state index contributed by atoms with van der Waals surface area (Å²) >= 11 is 0. The number of hydrogen-bond acceptors (Lipinski definition) is 7. The van der Waals surface area contributed by atoms with Crippen molar-refractivity contribution < 1.29 is 9.47 Å². The third kappa shape index (κ3) is 4.48. The normalized spacial score (nSPS) is 10.2. The first-order valence-corrected chi connectivity index (χ1v) is 6.72. The quantitative estimate of drug-likeness (QED) is 0.803. The molecule has 0 unspecified atom stereocenters. The number of nitrogens with one attached hydrogen (secondary N) is 1. The highest BCUT2D eigenvalue weighted by molar-refractivity contribution is 5.35. The molecule has 21 heavy (non-hydrogen) atoms. The van der Waals surface area contributed by atoms with Crippen molar-refractivity contribution in [3.63, 3.8) is 0 Å². The van der Waals surface area contributed by atoms with Crippen molar-refractivity contribution >= 4 is 11.9 Å². The molecule has 0 fully saturated rings. The number of ether oxygens (including phenoxy) is 2. The van der Waals surface area contributed by atoms with Crippen LogP contribution in [0.15, 0.2) is 24.3 Å². The van der Waals surface area contributed by atoms with Gasteiger partial charge in [0.1, 0.15) is 5.75 Å². The molecule has 112 valence electrons. The SMILES string of the molecule is CCCOc1nc(N)nc(NCc2ccc(OC)cc2)n1. The van der Waals surface area contributed by atoms with Gasteiger partial charge in [-0.1, -0.05) is 19.1 Å². The third-order valence-electron chi connectivity index (χ3n) is 2.68. The highest BCUT2D eigenvalue weighted by Gasteiger charge is 2.05. The van der Waals surface area contributed by atoms with Crippen LogP contribution in [0.5, 0.6) is 11.8 Å². The van der Waals surface area contributed by atoms with E-state index in [0.29, 0.717) is 19.1 Å². The number of rotatable bonds is 7. The van der Waals surface area contributed by atoms with E-state index in [1.807, 2.05) is 31.2 Å². The van der Waals surface area contributed by atoms with E-state index in [-0.39, 0.29) is 12.0 Å². The largest absolute Gasteiger partial charge is 0.497 e. The zero-order chi connectivity index (χ0) is 15.1. The highest BCUT2D eigenvalue weighted by Crippen LogP contribution is 2.13. The van der Waals surface area contributed by atoms with E-state index in [0.717, 1.165) is 17.7 Å². The van der Waals surface area contributed by atoms with E-state index < -0.39 is 0 Å². The molecule has 0 bridgehead atoms. The van der Waals surface area contributed by atoms with Crippen molar-refractivity contribution in [3.05, 3.63) is 29.8 Å². The molecule has 1 aromatic heterocycles. The molecular formula is C14H19N5O2. The minimum absolute atomic E-state index is 0.133. The lowest BCUT2D eigenvalue weighted by Crippen LogP contribution is -2.09. The molecule has 2 rings (SSSR count). The molecule has 1 heterocycles. The molecule has 7 nitrogen and oxygen atoms in total. The monoisotopic (exact) mass is 289 g/mol. The number of nitrogens with two attached hydrogens (primary N) is 1. The molecule has 0 spiro atoms. The topological polar surface area (TPSA) is 95.2 Å². The fourth-order valence-electron chi connectivity index (χ4n) is 1.63. The average molecular weight is 289 g/mol. The van der Waals surface area contributed by atoms with Gasteiger partial charge in [0.05, 0.1) is 13.7 Å². The lowest BCUT2D eigenvalue weighted by molar-refractivity contribution is 0.292. The van der Waals surface area contributed by atoms with Crippen LogP contribution in [-0.4, -0.2) is 28.7 Å². The summed E-state index contributed by atoms with van der Waals surface area (Å²) in [6.45, 7) is 3.12. The third-order valence-corrected chi connectivity index (χ3v) is 2.68. The summed E-state index contributed by atoms with van der Waals surface area (Å²) in [5.74, 6) is 1.34. The minimum atomic E-state index is 0.133. The van der Waals surface area contributed by atoms with Crippen LogP contribution < -0.4 is 20.5 Å². The molecule has 0 saturated heterocycles. The molecule has 2 aromatic rings. The first kappa shape index (κ1) is 14.8. The molecule has 7 heteroatoms. The van der Waals surface area contributed by atoms with Gasteiger partial charge in [0.25, 0.3) is 0 Å². The number of nitrogens with zero attached hydrogens (tertiary/aromatic N) is 3. The first-order chi connectivity index (χ1) is 10.2. The summed E-state index contributed by atoms with van der Waals surface area (Å²) in [6, 6.07) is 7.96. The fraction of sp³-hybridized carbons (Fsp3) is 0.357. The second-order valence-corrected chi connectivity index (χ2v) is 4.35. The Morgan fingerprint density at radius 3 is 2.57 bits per heavy atom. The molecule has 0 aliphatic rings. The van der Waals surface area contributed by atoms with Gasteiger partial charge in [0.2, 0.25) is 11.9 Å². The standard InChI is InChI=1S/C14H19N5O2/c1-3-8-21-14-18-12(15)17-13(19-14)16-9-10-4-6-11(20-2)7-5-10/h4-7H,3,8-9H2,1-2H3,(H3,15,16,17,18,19). The lowest BCUT2D eigenvalue weighted by atomic mass is 10.2. The van der Waals surface area contributed by atoms with Crippen LogP contribution >= 0.6 is 0 Å². The molecule has 0 atom stereocenters. The second kappa shape index (κ2) is 7.28. The van der Waals surface area contributed by atoms with Gasteiger partial charge < -0.3 is 20.5 Å². The molecule has 0 aliphatic carbocycles. The van der Waals surface area contributed by atoms with E-state index in [2.05, 4.69) is 20.3 Å². The number of hydrogen-bond donors (Lipinski definition) is 2. The molecule has 0 amide bonds. The smallest absolute Gasteiger partial charge is 0.323 e. The van der Waals surface area contributed by atoms with Gasteiger partial charge in [-0.15, -0.1) is 0 Å². The number of methoxy groups -OCH3 is 1. The van der Waals surface area contributed by atoms with E-state index in [4.69, 9.17) is 15.2 Å². The van der Waals surface area contributed by atoms with E-state index in [1.54, 1.807) is 7.11 Å². The summed E-state index contributed by atoms with van der Waals surface area (Å²) in [5, 5.41) is 3.09. The Labute approximate surface area is 123 Å². The Kier molecular flexibility index (Phi) is 5.14. The number of benzene rings is 1. The average Bonchev–Trinajstić information content (AvgIpc) is 2.51. The fourth-order valence-corrected chi connectivity index (χ4v) is 1.63. The van der Waals surface area contributed by atoms with Crippen LogP contribution in [0.4, 0.5) is 11.9 Å². The first-order valence-electron chi connectivity index (χ1n) is 6.72. The molecular weight excluding hydrogens is 270 g/mol. The summed E-state index contributed by atoms with van der Waals surface area (Å²) in [7, 11) is 1.64. The lowest BCUT2D eigenvalue weighted by Gasteiger charge is -2.08. The summed E-state index contributed by atoms with van der Waals surface area (Å²) in [4.78, 5) is 12.1. The van der Waals surface area contributed by atoms with Crippen LogP contribution in [-0.2, 0) is 6.54 Å².